The van der Waals surface area contributed by atoms with Gasteiger partial charge in [0.15, 0.2) is 0 Å². The summed E-state index contributed by atoms with van der Waals surface area (Å²) in [5, 5.41) is 0. The third-order valence-electron chi connectivity index (χ3n) is 2.53. The molecule has 16 heavy (non-hydrogen) atoms. The Balaban J connectivity index is 2.14. The number of thioether (sulfide) groups is 2. The Labute approximate surface area is 108 Å². The molecule has 0 N–H and O–H groups in total. The fourth-order valence-electron chi connectivity index (χ4n) is 1.81. The van der Waals surface area contributed by atoms with Crippen LogP contribution in [0, 0.1) is 13.8 Å². The van der Waals surface area contributed by atoms with Gasteiger partial charge in [-0.25, -0.2) is 0 Å². The van der Waals surface area contributed by atoms with Gasteiger partial charge in [-0.1, -0.05) is 0 Å². The van der Waals surface area contributed by atoms with E-state index in [-0.39, 0.29) is 0 Å². The van der Waals surface area contributed by atoms with E-state index < -0.39 is 0 Å². The van der Waals surface area contributed by atoms with Gasteiger partial charge in [0.05, 0.1) is 4.88 Å². The van der Waals surface area contributed by atoms with Crippen LogP contribution in [-0.4, -0.2) is 11.5 Å². The zero-order chi connectivity index (χ0) is 11.1. The van der Waals surface area contributed by atoms with Crippen LogP contribution < -0.4 is 0 Å². The maximum absolute atomic E-state index is 5.74. The number of hydrogen-bond donors (Lipinski definition) is 0. The van der Waals surface area contributed by atoms with Crippen molar-refractivity contribution in [2.75, 3.05) is 11.5 Å². The molecule has 3 heterocycles. The smallest absolute Gasteiger partial charge is 0.145 e. The molecular formula is C12H12OS3. The highest BCUT2D eigenvalue weighted by molar-refractivity contribution is 8.06. The summed E-state index contributed by atoms with van der Waals surface area (Å²) in [6.45, 7) is 4.21. The van der Waals surface area contributed by atoms with Crippen molar-refractivity contribution in [3.8, 4) is 10.6 Å². The number of thiophene rings is 1. The third-order valence-corrected chi connectivity index (χ3v) is 6.61. The van der Waals surface area contributed by atoms with Crippen LogP contribution in [0.25, 0.3) is 10.6 Å². The fourth-order valence-corrected chi connectivity index (χ4v) is 5.83. The van der Waals surface area contributed by atoms with Crippen molar-refractivity contribution in [2.24, 2.45) is 0 Å². The Kier molecular flexibility index (Phi) is 2.81. The highest BCUT2D eigenvalue weighted by Gasteiger charge is 2.22. The lowest BCUT2D eigenvalue weighted by atomic mass is 10.3. The quantitative estimate of drug-likeness (QED) is 0.736. The average Bonchev–Trinajstić information content (AvgIpc) is 2.84. The molecule has 84 valence electrons. The van der Waals surface area contributed by atoms with Crippen LogP contribution in [0.4, 0.5) is 0 Å². The van der Waals surface area contributed by atoms with E-state index in [1.165, 1.54) is 31.1 Å². The maximum atomic E-state index is 5.74. The fraction of sp³-hybridized carbons (Fsp3) is 0.333. The molecule has 0 amide bonds. The number of fused-ring (bicyclic) bond motifs is 1. The normalized spacial score (nSPS) is 15.1. The summed E-state index contributed by atoms with van der Waals surface area (Å²) in [6.07, 6.45) is 0. The van der Waals surface area contributed by atoms with Crippen LogP contribution in [-0.2, 0) is 0 Å². The lowest BCUT2D eigenvalue weighted by Crippen LogP contribution is -1.92. The molecule has 0 unspecified atom stereocenters. The second-order valence-corrected chi connectivity index (χ2v) is 7.19. The minimum Gasteiger partial charge on any atom is -0.460 e. The third kappa shape index (κ3) is 1.73. The van der Waals surface area contributed by atoms with Gasteiger partial charge in [-0.05, 0) is 26.0 Å². The molecule has 0 radical (unpaired) electrons. The number of hydrogen-bond acceptors (Lipinski definition) is 4. The first-order chi connectivity index (χ1) is 7.75. The molecule has 0 aromatic carbocycles. The van der Waals surface area contributed by atoms with E-state index in [1.54, 1.807) is 0 Å². The zero-order valence-corrected chi connectivity index (χ0v) is 11.7. The lowest BCUT2D eigenvalue weighted by Gasteiger charge is -2.11. The Morgan fingerprint density at radius 3 is 2.50 bits per heavy atom. The number of aryl methyl sites for hydroxylation is 2. The molecule has 0 saturated carbocycles. The summed E-state index contributed by atoms with van der Waals surface area (Å²) in [5.74, 6) is 4.46. The molecule has 0 bridgehead atoms. The predicted octanol–water partition coefficient (Wildman–Crippen LogP) is 4.82. The molecule has 4 heteroatoms. The van der Waals surface area contributed by atoms with Crippen molar-refractivity contribution in [1.29, 1.82) is 0 Å². The highest BCUT2D eigenvalue weighted by atomic mass is 32.2. The van der Waals surface area contributed by atoms with E-state index in [1.807, 2.05) is 47.9 Å². The molecule has 2 aromatic rings. The Morgan fingerprint density at radius 2 is 1.81 bits per heavy atom. The zero-order valence-electron chi connectivity index (χ0n) is 9.20. The molecule has 0 saturated heterocycles. The molecule has 2 aromatic heterocycles. The monoisotopic (exact) mass is 268 g/mol. The minimum atomic E-state index is 0.989. The molecule has 1 aliphatic rings. The van der Waals surface area contributed by atoms with Gasteiger partial charge in [0, 0.05) is 26.2 Å². The molecule has 0 fully saturated rings. The van der Waals surface area contributed by atoms with Gasteiger partial charge in [0.25, 0.3) is 0 Å². The van der Waals surface area contributed by atoms with Gasteiger partial charge >= 0.3 is 0 Å². The highest BCUT2D eigenvalue weighted by Crippen LogP contribution is 2.49. The van der Waals surface area contributed by atoms with Gasteiger partial charge in [-0.3, -0.25) is 0 Å². The second kappa shape index (κ2) is 4.17. The predicted molar refractivity (Wildman–Crippen MR) is 72.9 cm³/mol. The topological polar surface area (TPSA) is 13.1 Å². The van der Waals surface area contributed by atoms with E-state index in [0.29, 0.717) is 0 Å². The molecule has 0 atom stereocenters. The van der Waals surface area contributed by atoms with E-state index in [9.17, 15) is 0 Å². The van der Waals surface area contributed by atoms with Crippen molar-refractivity contribution < 1.29 is 4.42 Å². The Morgan fingerprint density at radius 1 is 1.06 bits per heavy atom. The van der Waals surface area contributed by atoms with Gasteiger partial charge in [0.1, 0.15) is 11.5 Å². The summed E-state index contributed by atoms with van der Waals surface area (Å²) in [4.78, 5) is 5.66. The van der Waals surface area contributed by atoms with E-state index in [4.69, 9.17) is 4.42 Å². The van der Waals surface area contributed by atoms with E-state index >= 15 is 0 Å². The second-order valence-electron chi connectivity index (χ2n) is 3.75. The van der Waals surface area contributed by atoms with Crippen molar-refractivity contribution in [2.45, 2.75) is 23.6 Å². The lowest BCUT2D eigenvalue weighted by molar-refractivity contribution is 0.548. The van der Waals surface area contributed by atoms with Crippen molar-refractivity contribution >= 4 is 34.9 Å². The van der Waals surface area contributed by atoms with Gasteiger partial charge in [-0.2, -0.15) is 0 Å². The average molecular weight is 268 g/mol. The molecule has 0 spiro atoms. The number of furan rings is 1. The maximum Gasteiger partial charge on any atom is 0.145 e. The molecular weight excluding hydrogens is 256 g/mol. The van der Waals surface area contributed by atoms with Crippen molar-refractivity contribution in [3.63, 3.8) is 0 Å². The first-order valence-electron chi connectivity index (χ1n) is 5.21. The van der Waals surface area contributed by atoms with Crippen LogP contribution >= 0.6 is 34.9 Å². The van der Waals surface area contributed by atoms with Crippen molar-refractivity contribution in [1.82, 2.24) is 0 Å². The van der Waals surface area contributed by atoms with Gasteiger partial charge in [0.2, 0.25) is 0 Å². The van der Waals surface area contributed by atoms with Gasteiger partial charge in [-0.15, -0.1) is 34.9 Å². The van der Waals surface area contributed by atoms with Crippen LogP contribution in [0.1, 0.15) is 10.6 Å². The largest absolute Gasteiger partial charge is 0.460 e. The molecule has 0 aliphatic carbocycles. The van der Waals surface area contributed by atoms with Crippen molar-refractivity contribution in [3.05, 3.63) is 22.8 Å². The Hall–Kier alpha value is -0.320. The first kappa shape index (κ1) is 10.8. The Bertz CT molecular complexity index is 524. The SMILES string of the molecule is Cc1ccc(-c2sc(C)c3c2SCCS3)o1. The molecule has 1 aliphatic heterocycles. The van der Waals surface area contributed by atoms with Crippen LogP contribution in [0.2, 0.25) is 0 Å². The summed E-state index contributed by atoms with van der Waals surface area (Å²) < 4.78 is 5.74. The standard InChI is InChI=1S/C12H12OS3/c1-7-3-4-9(13-7)11-12-10(8(2)16-11)14-5-6-15-12/h3-4H,5-6H2,1-2H3. The van der Waals surface area contributed by atoms with Gasteiger partial charge < -0.3 is 4.42 Å². The van der Waals surface area contributed by atoms with Crippen LogP contribution in [0.5, 0.6) is 0 Å². The summed E-state index contributed by atoms with van der Waals surface area (Å²) >= 11 is 5.82. The molecule has 3 rings (SSSR count). The summed E-state index contributed by atoms with van der Waals surface area (Å²) in [5.41, 5.74) is 0. The number of rotatable bonds is 1. The van der Waals surface area contributed by atoms with E-state index in [2.05, 4.69) is 13.0 Å². The van der Waals surface area contributed by atoms with Crippen LogP contribution in [0.15, 0.2) is 26.3 Å². The molecule has 1 nitrogen and oxygen atoms in total. The summed E-state index contributed by atoms with van der Waals surface area (Å²) in [7, 11) is 0. The first-order valence-corrected chi connectivity index (χ1v) is 8.00. The minimum absolute atomic E-state index is 0.989. The van der Waals surface area contributed by atoms with Crippen LogP contribution in [0.3, 0.4) is 0 Å². The van der Waals surface area contributed by atoms with E-state index in [0.717, 1.165) is 11.5 Å². The summed E-state index contributed by atoms with van der Waals surface area (Å²) in [6, 6.07) is 4.12.